The zero-order valence-corrected chi connectivity index (χ0v) is 16.6. The minimum absolute atomic E-state index is 0.0451. The van der Waals surface area contributed by atoms with Gasteiger partial charge in [-0.3, -0.25) is 0 Å². The van der Waals surface area contributed by atoms with Crippen molar-refractivity contribution in [1.29, 1.82) is 5.26 Å². The SMILES string of the molecule is Cc1ccc(S(=O)(=O)n2cc(-c3nc(N)ncc3C#N)c3cc(Cl)cnc32)cc1. The molecule has 0 bridgehead atoms. The van der Waals surface area contributed by atoms with Crippen molar-refractivity contribution in [3.63, 3.8) is 0 Å². The molecule has 144 valence electrons. The second-order valence-electron chi connectivity index (χ2n) is 6.28. The average molecular weight is 425 g/mol. The van der Waals surface area contributed by atoms with Gasteiger partial charge in [0.25, 0.3) is 10.0 Å². The number of nitrogen functional groups attached to an aromatic ring is 1. The number of aryl methyl sites for hydroxylation is 1. The second-order valence-corrected chi connectivity index (χ2v) is 8.54. The van der Waals surface area contributed by atoms with E-state index in [1.54, 1.807) is 18.2 Å². The molecular formula is C19H13ClN6O2S. The highest BCUT2D eigenvalue weighted by atomic mass is 35.5. The van der Waals surface area contributed by atoms with Crippen molar-refractivity contribution in [2.75, 3.05) is 5.73 Å². The van der Waals surface area contributed by atoms with E-state index in [2.05, 4.69) is 15.0 Å². The molecule has 0 spiro atoms. The molecule has 0 atom stereocenters. The molecule has 0 radical (unpaired) electrons. The highest BCUT2D eigenvalue weighted by Crippen LogP contribution is 2.34. The monoisotopic (exact) mass is 424 g/mol. The number of fused-ring (bicyclic) bond motifs is 1. The lowest BCUT2D eigenvalue weighted by molar-refractivity contribution is 0.589. The summed E-state index contributed by atoms with van der Waals surface area (Å²) in [6.45, 7) is 1.87. The summed E-state index contributed by atoms with van der Waals surface area (Å²) >= 11 is 6.10. The van der Waals surface area contributed by atoms with Gasteiger partial charge in [-0.25, -0.2) is 27.3 Å². The maximum Gasteiger partial charge on any atom is 0.269 e. The third-order valence-electron chi connectivity index (χ3n) is 4.34. The van der Waals surface area contributed by atoms with Crippen LogP contribution in [0.4, 0.5) is 5.95 Å². The Balaban J connectivity index is 2.05. The van der Waals surface area contributed by atoms with Crippen molar-refractivity contribution in [2.24, 2.45) is 0 Å². The number of hydrogen-bond acceptors (Lipinski definition) is 7. The van der Waals surface area contributed by atoms with E-state index in [0.29, 0.717) is 16.0 Å². The van der Waals surface area contributed by atoms with E-state index in [9.17, 15) is 13.7 Å². The van der Waals surface area contributed by atoms with Crippen LogP contribution in [0.3, 0.4) is 0 Å². The van der Waals surface area contributed by atoms with Gasteiger partial charge in [0.15, 0.2) is 5.65 Å². The van der Waals surface area contributed by atoms with E-state index in [1.807, 2.05) is 13.0 Å². The highest BCUT2D eigenvalue weighted by Gasteiger charge is 2.24. The van der Waals surface area contributed by atoms with Crippen LogP contribution in [0.2, 0.25) is 5.02 Å². The minimum Gasteiger partial charge on any atom is -0.368 e. The third-order valence-corrected chi connectivity index (χ3v) is 6.21. The molecule has 0 saturated carbocycles. The first-order chi connectivity index (χ1) is 13.8. The van der Waals surface area contributed by atoms with E-state index in [1.165, 1.54) is 30.7 Å². The Hall–Kier alpha value is -3.48. The fourth-order valence-electron chi connectivity index (χ4n) is 2.93. The maximum absolute atomic E-state index is 13.3. The Morgan fingerprint density at radius 1 is 1.17 bits per heavy atom. The summed E-state index contributed by atoms with van der Waals surface area (Å²) in [6, 6.07) is 10.0. The van der Waals surface area contributed by atoms with Crippen molar-refractivity contribution in [2.45, 2.75) is 11.8 Å². The summed E-state index contributed by atoms with van der Waals surface area (Å²) < 4.78 is 27.6. The molecule has 0 saturated heterocycles. The zero-order chi connectivity index (χ0) is 20.8. The van der Waals surface area contributed by atoms with Gasteiger partial charge in [-0.15, -0.1) is 0 Å². The Morgan fingerprint density at radius 2 is 1.90 bits per heavy atom. The molecule has 0 unspecified atom stereocenters. The molecule has 0 aliphatic heterocycles. The van der Waals surface area contributed by atoms with Crippen LogP contribution >= 0.6 is 11.6 Å². The molecule has 0 aliphatic carbocycles. The summed E-state index contributed by atoms with van der Waals surface area (Å²) in [7, 11) is -3.96. The number of hydrogen-bond donors (Lipinski definition) is 1. The largest absolute Gasteiger partial charge is 0.368 e. The highest BCUT2D eigenvalue weighted by molar-refractivity contribution is 7.90. The number of benzene rings is 1. The lowest BCUT2D eigenvalue weighted by atomic mass is 10.1. The minimum atomic E-state index is -3.96. The van der Waals surface area contributed by atoms with Gasteiger partial charge in [0.05, 0.1) is 27.4 Å². The van der Waals surface area contributed by atoms with Crippen molar-refractivity contribution in [1.82, 2.24) is 18.9 Å². The van der Waals surface area contributed by atoms with E-state index in [0.717, 1.165) is 9.54 Å². The van der Waals surface area contributed by atoms with Crippen LogP contribution in [0, 0.1) is 18.3 Å². The zero-order valence-electron chi connectivity index (χ0n) is 15.0. The lowest BCUT2D eigenvalue weighted by Crippen LogP contribution is -2.12. The van der Waals surface area contributed by atoms with Crippen LogP contribution < -0.4 is 5.73 Å². The predicted octanol–water partition coefficient (Wildman–Crippen LogP) is 3.15. The molecule has 8 nitrogen and oxygen atoms in total. The molecule has 3 heterocycles. The molecule has 1 aromatic carbocycles. The van der Waals surface area contributed by atoms with Gasteiger partial charge in [0.1, 0.15) is 6.07 Å². The quantitative estimate of drug-likeness (QED) is 0.534. The van der Waals surface area contributed by atoms with Crippen LogP contribution in [0.5, 0.6) is 0 Å². The van der Waals surface area contributed by atoms with Gasteiger partial charge in [-0.05, 0) is 25.1 Å². The topological polar surface area (TPSA) is 128 Å². The molecule has 2 N–H and O–H groups in total. The number of nitriles is 1. The summed E-state index contributed by atoms with van der Waals surface area (Å²) in [6.07, 6.45) is 4.01. The van der Waals surface area contributed by atoms with E-state index in [4.69, 9.17) is 17.3 Å². The smallest absolute Gasteiger partial charge is 0.269 e. The molecule has 10 heteroatoms. The summed E-state index contributed by atoms with van der Waals surface area (Å²) in [5.41, 5.74) is 7.49. The molecule has 4 aromatic rings. The van der Waals surface area contributed by atoms with Crippen molar-refractivity contribution < 1.29 is 8.42 Å². The summed E-state index contributed by atoms with van der Waals surface area (Å²) in [5.74, 6) is -0.0451. The Kier molecular flexibility index (Phi) is 4.45. The molecular weight excluding hydrogens is 412 g/mol. The van der Waals surface area contributed by atoms with Crippen molar-refractivity contribution in [3.8, 4) is 17.3 Å². The number of anilines is 1. The average Bonchev–Trinajstić information content (AvgIpc) is 3.07. The normalized spacial score (nSPS) is 11.5. The van der Waals surface area contributed by atoms with Gasteiger partial charge >= 0.3 is 0 Å². The first kappa shape index (κ1) is 18.9. The Morgan fingerprint density at radius 3 is 2.59 bits per heavy atom. The number of nitrogens with two attached hydrogens (primary N) is 1. The number of nitrogens with zero attached hydrogens (tertiary/aromatic N) is 5. The van der Waals surface area contributed by atoms with Gasteiger partial charge in [0, 0.05) is 23.3 Å². The van der Waals surface area contributed by atoms with E-state index in [-0.39, 0.29) is 27.7 Å². The predicted molar refractivity (Wildman–Crippen MR) is 109 cm³/mol. The van der Waals surface area contributed by atoms with Crippen molar-refractivity contribution in [3.05, 3.63) is 65.1 Å². The molecule has 3 aromatic heterocycles. The fourth-order valence-corrected chi connectivity index (χ4v) is 4.41. The molecule has 0 fully saturated rings. The third kappa shape index (κ3) is 3.18. The fraction of sp³-hybridized carbons (Fsp3) is 0.0526. The van der Waals surface area contributed by atoms with Gasteiger partial charge in [0.2, 0.25) is 5.95 Å². The number of rotatable bonds is 3. The maximum atomic E-state index is 13.3. The van der Waals surface area contributed by atoms with Crippen LogP contribution in [-0.2, 0) is 10.0 Å². The standard InChI is InChI=1S/C19H13ClN6O2S/c1-11-2-4-14(5-3-11)29(27,28)26-10-16(15-6-13(20)9-23-18(15)26)17-12(7-21)8-24-19(22)25-17/h2-6,8-10H,1H3,(H2,22,24,25). The van der Waals surface area contributed by atoms with Crippen LogP contribution in [0.15, 0.2) is 53.8 Å². The molecule has 29 heavy (non-hydrogen) atoms. The molecule has 0 aliphatic rings. The van der Waals surface area contributed by atoms with Gasteiger partial charge in [-0.2, -0.15) is 5.26 Å². The Bertz CT molecular complexity index is 1410. The summed E-state index contributed by atoms with van der Waals surface area (Å²) in [5, 5.41) is 10.2. The molecule has 4 rings (SSSR count). The number of aromatic nitrogens is 4. The molecule has 0 amide bonds. The van der Waals surface area contributed by atoms with E-state index >= 15 is 0 Å². The lowest BCUT2D eigenvalue weighted by Gasteiger charge is -2.07. The first-order valence-electron chi connectivity index (χ1n) is 8.33. The Labute approximate surface area is 171 Å². The summed E-state index contributed by atoms with van der Waals surface area (Å²) in [4.78, 5) is 12.3. The van der Waals surface area contributed by atoms with Crippen LogP contribution in [-0.4, -0.2) is 27.3 Å². The van der Waals surface area contributed by atoms with Crippen LogP contribution in [0.1, 0.15) is 11.1 Å². The number of pyridine rings is 1. The van der Waals surface area contributed by atoms with Crippen LogP contribution in [0.25, 0.3) is 22.3 Å². The van der Waals surface area contributed by atoms with Crippen molar-refractivity contribution >= 4 is 38.6 Å². The van der Waals surface area contributed by atoms with Gasteiger partial charge in [-0.1, -0.05) is 29.3 Å². The first-order valence-corrected chi connectivity index (χ1v) is 10.1. The van der Waals surface area contributed by atoms with Gasteiger partial charge < -0.3 is 5.73 Å². The second kappa shape index (κ2) is 6.84. The number of halogens is 1. The van der Waals surface area contributed by atoms with E-state index < -0.39 is 10.0 Å².